The zero-order valence-corrected chi connectivity index (χ0v) is 12.0. The van der Waals surface area contributed by atoms with Gasteiger partial charge in [0, 0.05) is 18.1 Å². The molecule has 1 amide bonds. The van der Waals surface area contributed by atoms with Crippen LogP contribution in [0.25, 0.3) is 0 Å². The van der Waals surface area contributed by atoms with Crippen LogP contribution in [0.1, 0.15) is 15.9 Å². The lowest BCUT2D eigenvalue weighted by Gasteiger charge is -2.08. The first-order chi connectivity index (χ1) is 10.7. The molecule has 2 aromatic carbocycles. The molecule has 1 aliphatic heterocycles. The van der Waals surface area contributed by atoms with Gasteiger partial charge in [-0.1, -0.05) is 6.07 Å². The summed E-state index contributed by atoms with van der Waals surface area (Å²) in [5.41, 5.74) is 1.67. The first-order valence-corrected chi connectivity index (χ1v) is 7.15. The molecule has 0 aromatic heterocycles. The third kappa shape index (κ3) is 3.36. The summed E-state index contributed by atoms with van der Waals surface area (Å²) < 4.78 is 23.8. The third-order valence-corrected chi connectivity index (χ3v) is 3.40. The predicted octanol–water partition coefficient (Wildman–Crippen LogP) is 2.57. The van der Waals surface area contributed by atoms with Gasteiger partial charge in [0.2, 0.25) is 0 Å². The molecule has 0 unspecified atom stereocenters. The Labute approximate surface area is 127 Å². The van der Waals surface area contributed by atoms with Crippen LogP contribution in [0.2, 0.25) is 0 Å². The average molecular weight is 301 g/mol. The Morgan fingerprint density at radius 2 is 2.18 bits per heavy atom. The molecular weight excluding hydrogens is 285 g/mol. The minimum atomic E-state index is -0.345. The van der Waals surface area contributed by atoms with Gasteiger partial charge in [-0.25, -0.2) is 4.39 Å². The van der Waals surface area contributed by atoms with Crippen LogP contribution < -0.4 is 14.8 Å². The maximum Gasteiger partial charge on any atom is 0.251 e. The third-order valence-electron chi connectivity index (χ3n) is 3.40. The van der Waals surface area contributed by atoms with E-state index < -0.39 is 0 Å². The molecule has 2 aromatic rings. The Kier molecular flexibility index (Phi) is 4.23. The normalized spacial score (nSPS) is 12.4. The molecule has 22 heavy (non-hydrogen) atoms. The highest BCUT2D eigenvalue weighted by molar-refractivity contribution is 5.94. The molecule has 0 saturated heterocycles. The van der Waals surface area contributed by atoms with Gasteiger partial charge in [-0.2, -0.15) is 0 Å². The number of hydrogen-bond acceptors (Lipinski definition) is 3. The molecule has 1 heterocycles. The fraction of sp³-hybridized carbons (Fsp3) is 0.235. The largest absolute Gasteiger partial charge is 0.493 e. The fourth-order valence-electron chi connectivity index (χ4n) is 2.32. The lowest BCUT2D eigenvalue weighted by atomic mass is 10.1. The molecule has 1 N–H and O–H groups in total. The highest BCUT2D eigenvalue weighted by Gasteiger charge is 2.14. The number of carbonyl (C=O) groups is 1. The number of rotatable bonds is 5. The van der Waals surface area contributed by atoms with Gasteiger partial charge in [0.25, 0.3) is 5.91 Å². The predicted molar refractivity (Wildman–Crippen MR) is 79.9 cm³/mol. The molecule has 4 nitrogen and oxygen atoms in total. The van der Waals surface area contributed by atoms with Crippen molar-refractivity contribution in [3.05, 3.63) is 59.4 Å². The van der Waals surface area contributed by atoms with Gasteiger partial charge >= 0.3 is 0 Å². The summed E-state index contributed by atoms with van der Waals surface area (Å²) in [4.78, 5) is 12.0. The zero-order valence-electron chi connectivity index (χ0n) is 12.0. The van der Waals surface area contributed by atoms with Crippen LogP contribution in [0.5, 0.6) is 11.5 Å². The maximum atomic E-state index is 13.0. The molecule has 0 saturated carbocycles. The highest BCUT2D eigenvalue weighted by atomic mass is 19.1. The van der Waals surface area contributed by atoms with E-state index in [0.29, 0.717) is 24.5 Å². The summed E-state index contributed by atoms with van der Waals surface area (Å²) in [6.45, 7) is 1.30. The van der Waals surface area contributed by atoms with Gasteiger partial charge < -0.3 is 14.8 Å². The molecule has 5 heteroatoms. The highest BCUT2D eigenvalue weighted by Crippen LogP contribution is 2.25. The summed E-state index contributed by atoms with van der Waals surface area (Å²) in [6.07, 6.45) is 0.832. The number of amides is 1. The van der Waals surface area contributed by atoms with Crippen LogP contribution in [-0.2, 0) is 6.42 Å². The van der Waals surface area contributed by atoms with Gasteiger partial charge in [-0.15, -0.1) is 0 Å². The molecule has 0 fully saturated rings. The number of ether oxygens (including phenoxy) is 2. The quantitative estimate of drug-likeness (QED) is 0.864. The van der Waals surface area contributed by atoms with Gasteiger partial charge in [0.15, 0.2) is 0 Å². The van der Waals surface area contributed by atoms with Gasteiger partial charge in [0.1, 0.15) is 23.9 Å². The number of hydrogen-bond donors (Lipinski definition) is 1. The molecule has 0 radical (unpaired) electrons. The Hall–Kier alpha value is -2.56. The molecule has 0 aliphatic carbocycles. The minimum Gasteiger partial charge on any atom is -0.493 e. The van der Waals surface area contributed by atoms with Crippen molar-refractivity contribution >= 4 is 5.91 Å². The first-order valence-electron chi connectivity index (χ1n) is 7.15. The van der Waals surface area contributed by atoms with Crippen molar-refractivity contribution < 1.29 is 18.7 Å². The SMILES string of the molecule is O=C(NCCOc1cccc(F)c1)c1ccc2c(c1)CCO2. The summed E-state index contributed by atoms with van der Waals surface area (Å²) in [7, 11) is 0. The Morgan fingerprint density at radius 1 is 1.27 bits per heavy atom. The van der Waals surface area contributed by atoms with Crippen molar-refractivity contribution in [1.29, 1.82) is 0 Å². The summed E-state index contributed by atoms with van der Waals surface area (Å²) in [6, 6.07) is 11.3. The number of nitrogens with one attached hydrogen (secondary N) is 1. The van der Waals surface area contributed by atoms with Gasteiger partial charge in [-0.05, 0) is 35.9 Å². The minimum absolute atomic E-state index is 0.155. The van der Waals surface area contributed by atoms with E-state index in [-0.39, 0.29) is 18.3 Å². The molecule has 0 bridgehead atoms. The lowest BCUT2D eigenvalue weighted by Crippen LogP contribution is -2.28. The summed E-state index contributed by atoms with van der Waals surface area (Å²) in [5.74, 6) is 0.800. The van der Waals surface area contributed by atoms with Crippen molar-refractivity contribution in [3.63, 3.8) is 0 Å². The van der Waals surface area contributed by atoms with E-state index in [1.165, 1.54) is 12.1 Å². The number of benzene rings is 2. The zero-order chi connectivity index (χ0) is 15.4. The van der Waals surface area contributed by atoms with E-state index in [1.54, 1.807) is 18.2 Å². The van der Waals surface area contributed by atoms with E-state index in [9.17, 15) is 9.18 Å². The van der Waals surface area contributed by atoms with Crippen LogP contribution in [0.15, 0.2) is 42.5 Å². The second-order valence-electron chi connectivity index (χ2n) is 4.98. The van der Waals surface area contributed by atoms with E-state index >= 15 is 0 Å². The van der Waals surface area contributed by atoms with Crippen molar-refractivity contribution in [2.75, 3.05) is 19.8 Å². The van der Waals surface area contributed by atoms with E-state index in [1.807, 2.05) is 12.1 Å². The molecule has 3 rings (SSSR count). The molecule has 114 valence electrons. The average Bonchev–Trinajstić information content (AvgIpc) is 2.99. The molecular formula is C17H16FNO3. The number of halogens is 1. The summed E-state index contributed by atoms with van der Waals surface area (Å²) in [5, 5.41) is 2.78. The van der Waals surface area contributed by atoms with Crippen LogP contribution in [0.4, 0.5) is 4.39 Å². The van der Waals surface area contributed by atoms with Crippen LogP contribution in [0.3, 0.4) is 0 Å². The Balaban J connectivity index is 1.48. The number of fused-ring (bicyclic) bond motifs is 1. The monoisotopic (exact) mass is 301 g/mol. The second-order valence-corrected chi connectivity index (χ2v) is 4.98. The van der Waals surface area contributed by atoms with Crippen molar-refractivity contribution in [2.45, 2.75) is 6.42 Å². The fourth-order valence-corrected chi connectivity index (χ4v) is 2.32. The van der Waals surface area contributed by atoms with Crippen LogP contribution in [-0.4, -0.2) is 25.7 Å². The van der Waals surface area contributed by atoms with Crippen molar-refractivity contribution in [1.82, 2.24) is 5.32 Å². The number of carbonyl (C=O) groups excluding carboxylic acids is 1. The topological polar surface area (TPSA) is 47.6 Å². The Morgan fingerprint density at radius 3 is 3.05 bits per heavy atom. The smallest absolute Gasteiger partial charge is 0.251 e. The van der Waals surface area contributed by atoms with E-state index in [2.05, 4.69) is 5.32 Å². The standard InChI is InChI=1S/C17H16FNO3/c18-14-2-1-3-15(11-14)21-9-7-19-17(20)13-4-5-16-12(10-13)6-8-22-16/h1-5,10-11H,6-9H2,(H,19,20). The molecule has 1 aliphatic rings. The Bertz CT molecular complexity index is 687. The van der Waals surface area contributed by atoms with Gasteiger partial charge in [0.05, 0.1) is 13.2 Å². The maximum absolute atomic E-state index is 13.0. The van der Waals surface area contributed by atoms with Gasteiger partial charge in [-0.3, -0.25) is 4.79 Å². The second kappa shape index (κ2) is 6.47. The lowest BCUT2D eigenvalue weighted by molar-refractivity contribution is 0.0947. The summed E-state index contributed by atoms with van der Waals surface area (Å²) >= 11 is 0. The molecule has 0 spiro atoms. The van der Waals surface area contributed by atoms with Crippen LogP contribution in [0, 0.1) is 5.82 Å². The van der Waals surface area contributed by atoms with E-state index in [4.69, 9.17) is 9.47 Å². The molecule has 0 atom stereocenters. The first kappa shape index (κ1) is 14.4. The van der Waals surface area contributed by atoms with E-state index in [0.717, 1.165) is 17.7 Å². The van der Waals surface area contributed by atoms with Crippen molar-refractivity contribution in [2.24, 2.45) is 0 Å². The van der Waals surface area contributed by atoms with Crippen LogP contribution >= 0.6 is 0 Å². The van der Waals surface area contributed by atoms with Crippen molar-refractivity contribution in [3.8, 4) is 11.5 Å².